The fraction of sp³-hybridized carbons (Fsp3) is 0.588. The number of rotatable bonds is 6. The predicted octanol–water partition coefficient (Wildman–Crippen LogP) is 2.50. The molecule has 1 fully saturated rings. The van der Waals surface area contributed by atoms with Gasteiger partial charge in [-0.3, -0.25) is 0 Å². The number of hydrogen-bond acceptors (Lipinski definition) is 3. The SMILES string of the molecule is CC(C)CC(CO)NC(=O)NC1CCOC1c1ccc(F)c(F)c1. The highest BCUT2D eigenvalue weighted by Crippen LogP contribution is 2.30. The van der Waals surface area contributed by atoms with Crippen LogP contribution in [0.1, 0.15) is 38.4 Å². The van der Waals surface area contributed by atoms with Crippen molar-refractivity contribution < 1.29 is 23.4 Å². The summed E-state index contributed by atoms with van der Waals surface area (Å²) in [5.74, 6) is -1.52. The Morgan fingerprint density at radius 3 is 2.75 bits per heavy atom. The summed E-state index contributed by atoms with van der Waals surface area (Å²) < 4.78 is 32.0. The lowest BCUT2D eigenvalue weighted by atomic mass is 10.0. The minimum Gasteiger partial charge on any atom is -0.394 e. The van der Waals surface area contributed by atoms with Crippen molar-refractivity contribution in [2.75, 3.05) is 13.2 Å². The van der Waals surface area contributed by atoms with Crippen molar-refractivity contribution in [3.63, 3.8) is 0 Å². The van der Waals surface area contributed by atoms with E-state index in [4.69, 9.17) is 4.74 Å². The van der Waals surface area contributed by atoms with Crippen LogP contribution in [0.4, 0.5) is 13.6 Å². The molecule has 134 valence electrons. The lowest BCUT2D eigenvalue weighted by Crippen LogP contribution is -2.48. The van der Waals surface area contributed by atoms with E-state index >= 15 is 0 Å². The second kappa shape index (κ2) is 8.39. The van der Waals surface area contributed by atoms with Gasteiger partial charge in [0.1, 0.15) is 6.10 Å². The van der Waals surface area contributed by atoms with Crippen LogP contribution in [-0.4, -0.2) is 36.4 Å². The molecule has 3 N–H and O–H groups in total. The Morgan fingerprint density at radius 1 is 1.38 bits per heavy atom. The zero-order chi connectivity index (χ0) is 17.7. The molecule has 1 saturated heterocycles. The minimum atomic E-state index is -0.941. The number of nitrogens with one attached hydrogen (secondary N) is 2. The standard InChI is InChI=1S/C17H24F2N2O3/c1-10(2)7-12(9-22)20-17(23)21-15-5-6-24-16(15)11-3-4-13(18)14(19)8-11/h3-4,8,10,12,15-16,22H,5-7,9H2,1-2H3,(H2,20,21,23). The lowest BCUT2D eigenvalue weighted by Gasteiger charge is -2.23. The first kappa shape index (κ1) is 18.6. The van der Waals surface area contributed by atoms with Crippen molar-refractivity contribution >= 4 is 6.03 Å². The van der Waals surface area contributed by atoms with Gasteiger partial charge in [0.2, 0.25) is 0 Å². The Kier molecular flexibility index (Phi) is 6.51. The average molecular weight is 342 g/mol. The molecule has 7 heteroatoms. The van der Waals surface area contributed by atoms with Gasteiger partial charge in [-0.1, -0.05) is 19.9 Å². The van der Waals surface area contributed by atoms with Gasteiger partial charge in [0.05, 0.1) is 18.7 Å². The Labute approximate surface area is 140 Å². The van der Waals surface area contributed by atoms with Crippen LogP contribution < -0.4 is 10.6 Å². The fourth-order valence-corrected chi connectivity index (χ4v) is 2.90. The van der Waals surface area contributed by atoms with E-state index in [1.54, 1.807) is 0 Å². The van der Waals surface area contributed by atoms with Crippen molar-refractivity contribution in [3.8, 4) is 0 Å². The fourth-order valence-electron chi connectivity index (χ4n) is 2.90. The van der Waals surface area contributed by atoms with Gasteiger partial charge in [0, 0.05) is 6.61 Å². The number of aliphatic hydroxyl groups is 1. The summed E-state index contributed by atoms with van der Waals surface area (Å²) in [5, 5.41) is 14.9. The van der Waals surface area contributed by atoms with E-state index in [1.165, 1.54) is 6.07 Å². The number of carbonyl (C=O) groups is 1. The number of urea groups is 1. The van der Waals surface area contributed by atoms with Crippen LogP contribution in [0, 0.1) is 17.6 Å². The number of halogens is 2. The van der Waals surface area contributed by atoms with Crippen LogP contribution in [0.3, 0.4) is 0 Å². The largest absolute Gasteiger partial charge is 0.394 e. The minimum absolute atomic E-state index is 0.140. The van der Waals surface area contributed by atoms with Gasteiger partial charge >= 0.3 is 6.03 Å². The quantitative estimate of drug-likeness (QED) is 0.744. The summed E-state index contributed by atoms with van der Waals surface area (Å²) in [6.45, 7) is 4.29. The number of ether oxygens (including phenoxy) is 1. The summed E-state index contributed by atoms with van der Waals surface area (Å²) in [6.07, 6.45) is 0.714. The van der Waals surface area contributed by atoms with Gasteiger partial charge in [-0.25, -0.2) is 13.6 Å². The molecule has 2 amide bonds. The van der Waals surface area contributed by atoms with Crippen LogP contribution in [0.25, 0.3) is 0 Å². The van der Waals surface area contributed by atoms with Crippen molar-refractivity contribution in [1.29, 1.82) is 0 Å². The molecule has 1 aromatic carbocycles. The Hall–Kier alpha value is -1.73. The summed E-state index contributed by atoms with van der Waals surface area (Å²) in [7, 11) is 0. The Bertz CT molecular complexity index is 569. The van der Waals surface area contributed by atoms with Crippen molar-refractivity contribution in [2.45, 2.75) is 44.9 Å². The molecule has 5 nitrogen and oxygen atoms in total. The summed E-state index contributed by atoms with van der Waals surface area (Å²) in [5.41, 5.74) is 0.484. The maximum Gasteiger partial charge on any atom is 0.315 e. The van der Waals surface area contributed by atoms with Crippen LogP contribution >= 0.6 is 0 Å². The molecule has 0 bridgehead atoms. The van der Waals surface area contributed by atoms with Crippen LogP contribution in [0.5, 0.6) is 0 Å². The molecule has 1 aromatic rings. The zero-order valence-electron chi connectivity index (χ0n) is 13.9. The molecular formula is C17H24F2N2O3. The van der Waals surface area contributed by atoms with E-state index in [1.807, 2.05) is 13.8 Å². The van der Waals surface area contributed by atoms with Crippen molar-refractivity contribution in [1.82, 2.24) is 10.6 Å². The molecular weight excluding hydrogens is 318 g/mol. The van der Waals surface area contributed by atoms with Gasteiger partial charge in [0.15, 0.2) is 11.6 Å². The monoisotopic (exact) mass is 342 g/mol. The predicted molar refractivity (Wildman–Crippen MR) is 85.5 cm³/mol. The first-order chi connectivity index (χ1) is 11.4. The molecule has 0 saturated carbocycles. The Balaban J connectivity index is 1.97. The lowest BCUT2D eigenvalue weighted by molar-refractivity contribution is 0.0992. The molecule has 1 aliphatic rings. The summed E-state index contributed by atoms with van der Waals surface area (Å²) >= 11 is 0. The maximum atomic E-state index is 13.4. The molecule has 0 radical (unpaired) electrons. The molecule has 0 aliphatic carbocycles. The third-order valence-corrected chi connectivity index (χ3v) is 3.99. The van der Waals surface area contributed by atoms with E-state index in [2.05, 4.69) is 10.6 Å². The van der Waals surface area contributed by atoms with Gasteiger partial charge in [0.25, 0.3) is 0 Å². The second-order valence-electron chi connectivity index (χ2n) is 6.49. The van der Waals surface area contributed by atoms with Crippen LogP contribution in [0.15, 0.2) is 18.2 Å². The van der Waals surface area contributed by atoms with E-state index in [9.17, 15) is 18.7 Å². The first-order valence-corrected chi connectivity index (χ1v) is 8.15. The van der Waals surface area contributed by atoms with E-state index < -0.39 is 23.8 Å². The molecule has 3 unspecified atom stereocenters. The average Bonchev–Trinajstić information content (AvgIpc) is 2.96. The van der Waals surface area contributed by atoms with E-state index in [0.717, 1.165) is 12.1 Å². The molecule has 24 heavy (non-hydrogen) atoms. The number of amides is 2. The smallest absolute Gasteiger partial charge is 0.315 e. The van der Waals surface area contributed by atoms with Crippen molar-refractivity contribution in [3.05, 3.63) is 35.4 Å². The van der Waals surface area contributed by atoms with Crippen LogP contribution in [0.2, 0.25) is 0 Å². The number of benzene rings is 1. The highest BCUT2D eigenvalue weighted by Gasteiger charge is 2.31. The van der Waals surface area contributed by atoms with Gasteiger partial charge < -0.3 is 20.5 Å². The van der Waals surface area contributed by atoms with Gasteiger partial charge in [-0.15, -0.1) is 0 Å². The first-order valence-electron chi connectivity index (χ1n) is 8.15. The Morgan fingerprint density at radius 2 is 2.12 bits per heavy atom. The third-order valence-electron chi connectivity index (χ3n) is 3.99. The highest BCUT2D eigenvalue weighted by atomic mass is 19.2. The third kappa shape index (κ3) is 4.88. The highest BCUT2D eigenvalue weighted by molar-refractivity contribution is 5.74. The molecule has 3 atom stereocenters. The van der Waals surface area contributed by atoms with Crippen molar-refractivity contribution in [2.24, 2.45) is 5.92 Å². The van der Waals surface area contributed by atoms with E-state index in [0.29, 0.717) is 30.9 Å². The van der Waals surface area contributed by atoms with Gasteiger partial charge in [-0.05, 0) is 36.5 Å². The molecule has 2 rings (SSSR count). The molecule has 1 aliphatic heterocycles. The molecule has 0 aromatic heterocycles. The number of aliphatic hydroxyl groups excluding tert-OH is 1. The maximum absolute atomic E-state index is 13.4. The molecule has 0 spiro atoms. The second-order valence-corrected chi connectivity index (χ2v) is 6.49. The normalized spacial score (nSPS) is 21.8. The number of carbonyl (C=O) groups excluding carboxylic acids is 1. The summed E-state index contributed by atoms with van der Waals surface area (Å²) in [6, 6.07) is 2.53. The zero-order valence-corrected chi connectivity index (χ0v) is 13.9. The molecule has 1 heterocycles. The number of hydrogen-bond donors (Lipinski definition) is 3. The van der Waals surface area contributed by atoms with Gasteiger partial charge in [-0.2, -0.15) is 0 Å². The van der Waals surface area contributed by atoms with Crippen LogP contribution in [-0.2, 0) is 4.74 Å². The summed E-state index contributed by atoms with van der Waals surface area (Å²) in [4.78, 5) is 12.1. The van der Waals surface area contributed by atoms with E-state index in [-0.39, 0.29) is 18.7 Å². The topological polar surface area (TPSA) is 70.6 Å².